The fourth-order valence-electron chi connectivity index (χ4n) is 2.79. The van der Waals surface area contributed by atoms with Gasteiger partial charge in [0.1, 0.15) is 11.8 Å². The van der Waals surface area contributed by atoms with Gasteiger partial charge in [-0.15, -0.1) is 0 Å². The third-order valence-electron chi connectivity index (χ3n) is 3.91. The van der Waals surface area contributed by atoms with Gasteiger partial charge < -0.3 is 10.1 Å². The summed E-state index contributed by atoms with van der Waals surface area (Å²) in [6.45, 7) is 0.940. The maximum absolute atomic E-state index is 9.17. The molecule has 1 saturated carbocycles. The second-order valence-corrected chi connectivity index (χ2v) is 5.23. The molecule has 0 amide bonds. The normalized spacial score (nSPS) is 16.4. The first-order valence-corrected chi connectivity index (χ1v) is 7.16. The zero-order valence-corrected chi connectivity index (χ0v) is 11.6. The summed E-state index contributed by atoms with van der Waals surface area (Å²) in [5.74, 6) is 1.48. The van der Waals surface area contributed by atoms with Gasteiger partial charge in [-0.1, -0.05) is 31.7 Å². The number of hydrogen-bond acceptors (Lipinski definition) is 3. The average molecular weight is 258 g/mol. The standard InChI is InChI=1S/C16H22N2O/c1-19-15-10-6-9-14(11-17)16(15)18-12-13-7-4-2-3-5-8-13/h6,9-10,13,18H,2-5,7-8,12H2,1H3. The van der Waals surface area contributed by atoms with E-state index < -0.39 is 0 Å². The van der Waals surface area contributed by atoms with Gasteiger partial charge in [-0.25, -0.2) is 0 Å². The molecule has 0 radical (unpaired) electrons. The molecular weight excluding hydrogens is 236 g/mol. The SMILES string of the molecule is COc1cccc(C#N)c1NCC1CCCCCC1. The first kappa shape index (κ1) is 13.7. The van der Waals surface area contributed by atoms with Crippen molar-refractivity contribution in [1.82, 2.24) is 0 Å². The van der Waals surface area contributed by atoms with E-state index in [-0.39, 0.29) is 0 Å². The predicted octanol–water partition coefficient (Wildman–Crippen LogP) is 3.95. The van der Waals surface area contributed by atoms with Gasteiger partial charge in [0.2, 0.25) is 0 Å². The van der Waals surface area contributed by atoms with Gasteiger partial charge in [0.05, 0.1) is 18.4 Å². The molecule has 1 aromatic carbocycles. The number of para-hydroxylation sites is 1. The zero-order chi connectivity index (χ0) is 13.5. The van der Waals surface area contributed by atoms with E-state index in [0.29, 0.717) is 5.56 Å². The van der Waals surface area contributed by atoms with E-state index in [1.165, 1.54) is 38.5 Å². The van der Waals surface area contributed by atoms with Gasteiger partial charge in [0.15, 0.2) is 0 Å². The highest BCUT2D eigenvalue weighted by molar-refractivity contribution is 5.66. The van der Waals surface area contributed by atoms with E-state index >= 15 is 0 Å². The Morgan fingerprint density at radius 3 is 2.63 bits per heavy atom. The highest BCUT2D eigenvalue weighted by atomic mass is 16.5. The van der Waals surface area contributed by atoms with Crippen LogP contribution in [-0.4, -0.2) is 13.7 Å². The molecule has 0 unspecified atom stereocenters. The Hall–Kier alpha value is -1.69. The molecule has 0 saturated heterocycles. The number of nitriles is 1. The molecule has 0 spiro atoms. The van der Waals surface area contributed by atoms with Crippen LogP contribution in [0, 0.1) is 17.2 Å². The molecule has 102 valence electrons. The molecule has 1 aromatic rings. The van der Waals surface area contributed by atoms with Crippen molar-refractivity contribution in [2.75, 3.05) is 19.0 Å². The molecule has 3 heteroatoms. The van der Waals surface area contributed by atoms with E-state index in [4.69, 9.17) is 4.74 Å². The van der Waals surface area contributed by atoms with Gasteiger partial charge in [-0.3, -0.25) is 0 Å². The molecule has 0 aromatic heterocycles. The van der Waals surface area contributed by atoms with Crippen LogP contribution in [0.1, 0.15) is 44.1 Å². The number of methoxy groups -OCH3 is 1. The van der Waals surface area contributed by atoms with Crippen molar-refractivity contribution >= 4 is 5.69 Å². The Morgan fingerprint density at radius 1 is 1.26 bits per heavy atom. The van der Waals surface area contributed by atoms with Crippen molar-refractivity contribution in [3.05, 3.63) is 23.8 Å². The lowest BCUT2D eigenvalue weighted by molar-refractivity contribution is 0.415. The summed E-state index contributed by atoms with van der Waals surface area (Å²) in [6, 6.07) is 7.81. The molecule has 3 nitrogen and oxygen atoms in total. The van der Waals surface area contributed by atoms with E-state index in [1.807, 2.05) is 18.2 Å². The lowest BCUT2D eigenvalue weighted by Crippen LogP contribution is -2.15. The number of ether oxygens (including phenoxy) is 1. The minimum atomic E-state index is 0.660. The Labute approximate surface area is 115 Å². The van der Waals surface area contributed by atoms with E-state index in [0.717, 1.165) is 23.9 Å². The summed E-state index contributed by atoms with van der Waals surface area (Å²) in [4.78, 5) is 0. The molecule has 0 atom stereocenters. The van der Waals surface area contributed by atoms with Crippen LogP contribution in [0.2, 0.25) is 0 Å². The summed E-state index contributed by atoms with van der Waals surface area (Å²) in [7, 11) is 1.65. The predicted molar refractivity (Wildman–Crippen MR) is 77.4 cm³/mol. The smallest absolute Gasteiger partial charge is 0.143 e. The van der Waals surface area contributed by atoms with E-state index in [9.17, 15) is 5.26 Å². The van der Waals surface area contributed by atoms with Crippen LogP contribution in [0.15, 0.2) is 18.2 Å². The fourth-order valence-corrected chi connectivity index (χ4v) is 2.79. The quantitative estimate of drug-likeness (QED) is 0.832. The minimum Gasteiger partial charge on any atom is -0.495 e. The molecule has 1 N–H and O–H groups in total. The molecule has 0 bridgehead atoms. The molecule has 0 aliphatic heterocycles. The molecule has 1 fully saturated rings. The van der Waals surface area contributed by atoms with E-state index in [2.05, 4.69) is 11.4 Å². The second-order valence-electron chi connectivity index (χ2n) is 5.23. The third-order valence-corrected chi connectivity index (χ3v) is 3.91. The first-order chi connectivity index (χ1) is 9.35. The Balaban J connectivity index is 2.03. The summed E-state index contributed by atoms with van der Waals surface area (Å²) in [5.41, 5.74) is 1.50. The maximum Gasteiger partial charge on any atom is 0.143 e. The van der Waals surface area contributed by atoms with Crippen molar-refractivity contribution in [2.45, 2.75) is 38.5 Å². The summed E-state index contributed by atoms with van der Waals surface area (Å²) in [6.07, 6.45) is 8.00. The van der Waals surface area contributed by atoms with Crippen molar-refractivity contribution in [3.8, 4) is 11.8 Å². The fraction of sp³-hybridized carbons (Fsp3) is 0.562. The van der Waals surface area contributed by atoms with Gasteiger partial charge in [-0.2, -0.15) is 5.26 Å². The monoisotopic (exact) mass is 258 g/mol. The highest BCUT2D eigenvalue weighted by Gasteiger charge is 2.14. The van der Waals surface area contributed by atoms with Crippen LogP contribution >= 0.6 is 0 Å². The Bertz CT molecular complexity index is 443. The molecule has 1 aliphatic carbocycles. The van der Waals surface area contributed by atoms with Gasteiger partial charge >= 0.3 is 0 Å². The van der Waals surface area contributed by atoms with Crippen molar-refractivity contribution in [1.29, 1.82) is 5.26 Å². The molecular formula is C16H22N2O. The molecule has 2 rings (SSSR count). The minimum absolute atomic E-state index is 0.660. The average Bonchev–Trinajstić information content (AvgIpc) is 2.73. The summed E-state index contributed by atoms with van der Waals surface area (Å²) >= 11 is 0. The second kappa shape index (κ2) is 7.04. The topological polar surface area (TPSA) is 45.0 Å². The van der Waals surface area contributed by atoms with Crippen molar-refractivity contribution in [3.63, 3.8) is 0 Å². The number of hydrogen-bond donors (Lipinski definition) is 1. The van der Waals surface area contributed by atoms with Crippen LogP contribution in [-0.2, 0) is 0 Å². The van der Waals surface area contributed by atoms with Gasteiger partial charge in [-0.05, 0) is 30.9 Å². The number of nitrogens with one attached hydrogen (secondary N) is 1. The lowest BCUT2D eigenvalue weighted by atomic mass is 10.00. The molecule has 0 heterocycles. The van der Waals surface area contributed by atoms with Crippen LogP contribution in [0.4, 0.5) is 5.69 Å². The first-order valence-electron chi connectivity index (χ1n) is 7.16. The zero-order valence-electron chi connectivity index (χ0n) is 11.6. The van der Waals surface area contributed by atoms with Gasteiger partial charge in [0.25, 0.3) is 0 Å². The van der Waals surface area contributed by atoms with Crippen LogP contribution in [0.25, 0.3) is 0 Å². The Morgan fingerprint density at radius 2 is 2.00 bits per heavy atom. The van der Waals surface area contributed by atoms with E-state index in [1.54, 1.807) is 7.11 Å². The number of anilines is 1. The third kappa shape index (κ3) is 3.64. The number of benzene rings is 1. The molecule has 1 aliphatic rings. The van der Waals surface area contributed by atoms with Crippen molar-refractivity contribution in [2.24, 2.45) is 5.92 Å². The Kier molecular flexibility index (Phi) is 5.09. The maximum atomic E-state index is 9.17. The molecule has 19 heavy (non-hydrogen) atoms. The van der Waals surface area contributed by atoms with Gasteiger partial charge in [0, 0.05) is 6.54 Å². The van der Waals surface area contributed by atoms with Crippen molar-refractivity contribution < 1.29 is 4.74 Å². The number of nitrogens with zero attached hydrogens (tertiary/aromatic N) is 1. The summed E-state index contributed by atoms with van der Waals surface area (Å²) < 4.78 is 5.34. The van der Waals surface area contributed by atoms with Crippen LogP contribution < -0.4 is 10.1 Å². The number of rotatable bonds is 4. The lowest BCUT2D eigenvalue weighted by Gasteiger charge is -2.18. The highest BCUT2D eigenvalue weighted by Crippen LogP contribution is 2.29. The van der Waals surface area contributed by atoms with Crippen LogP contribution in [0.5, 0.6) is 5.75 Å². The summed E-state index contributed by atoms with van der Waals surface area (Å²) in [5, 5.41) is 12.6. The largest absolute Gasteiger partial charge is 0.495 e. The van der Waals surface area contributed by atoms with Crippen LogP contribution in [0.3, 0.4) is 0 Å².